The monoisotopic (exact) mass is 442 g/mol. The summed E-state index contributed by atoms with van der Waals surface area (Å²) in [6.07, 6.45) is -4.02. The van der Waals surface area contributed by atoms with Crippen LogP contribution in [0.5, 0.6) is 0 Å². The number of fused-ring (bicyclic) bond motifs is 1. The molecule has 2 fully saturated rings. The van der Waals surface area contributed by atoms with Crippen molar-refractivity contribution in [3.05, 3.63) is 30.1 Å². The fraction of sp³-hybridized carbons (Fsp3) is 0.588. The molecule has 7 nitrogen and oxygen atoms in total. The average Bonchev–Trinajstić information content (AvgIpc) is 3.03. The molecule has 29 heavy (non-hydrogen) atoms. The molecule has 1 N–H and O–H groups in total. The van der Waals surface area contributed by atoms with E-state index in [0.29, 0.717) is 26.2 Å². The van der Waals surface area contributed by atoms with Crippen LogP contribution in [0.4, 0.5) is 17.6 Å². The Hall–Kier alpha value is -1.76. The van der Waals surface area contributed by atoms with Crippen LogP contribution in [-0.4, -0.2) is 79.8 Å². The van der Waals surface area contributed by atoms with Crippen LogP contribution in [0.3, 0.4) is 0 Å². The van der Waals surface area contributed by atoms with Crippen LogP contribution >= 0.6 is 0 Å². The lowest BCUT2D eigenvalue weighted by molar-refractivity contribution is -0.192. The summed E-state index contributed by atoms with van der Waals surface area (Å²) in [4.78, 5) is 11.4. The van der Waals surface area contributed by atoms with Gasteiger partial charge in [0.2, 0.25) is 10.0 Å². The normalized spacial score (nSPS) is 23.2. The minimum Gasteiger partial charge on any atom is -0.475 e. The predicted molar refractivity (Wildman–Crippen MR) is 94.2 cm³/mol. The van der Waals surface area contributed by atoms with E-state index in [0.717, 1.165) is 13.0 Å². The molecule has 0 spiro atoms. The third-order valence-corrected chi connectivity index (χ3v) is 6.52. The van der Waals surface area contributed by atoms with Crippen LogP contribution in [-0.2, 0) is 19.6 Å². The van der Waals surface area contributed by atoms with E-state index in [1.807, 2.05) is 6.92 Å². The molecule has 12 heteroatoms. The number of nitrogens with zero attached hydrogens (tertiary/aromatic N) is 2. The summed E-state index contributed by atoms with van der Waals surface area (Å²) in [5, 5.41) is 7.12. The molecule has 0 bridgehead atoms. The maximum Gasteiger partial charge on any atom is 0.490 e. The third-order valence-electron chi connectivity index (χ3n) is 4.64. The molecule has 0 amide bonds. The van der Waals surface area contributed by atoms with Crippen molar-refractivity contribution in [2.45, 2.75) is 36.6 Å². The summed E-state index contributed by atoms with van der Waals surface area (Å²) < 4.78 is 77.2. The average molecular weight is 442 g/mol. The smallest absolute Gasteiger partial charge is 0.475 e. The van der Waals surface area contributed by atoms with Crippen LogP contribution in [0.1, 0.15) is 13.3 Å². The van der Waals surface area contributed by atoms with Crippen molar-refractivity contribution in [1.82, 2.24) is 9.21 Å². The second-order valence-corrected chi connectivity index (χ2v) is 8.52. The van der Waals surface area contributed by atoms with E-state index in [-0.39, 0.29) is 17.0 Å². The quantitative estimate of drug-likeness (QED) is 0.718. The summed E-state index contributed by atoms with van der Waals surface area (Å²) in [5.74, 6) is -3.19. The Kier molecular flexibility index (Phi) is 7.60. The second kappa shape index (κ2) is 9.37. The molecular formula is C17H22F4N2O5S. The number of carbonyl (C=O) groups is 1. The van der Waals surface area contributed by atoms with E-state index in [2.05, 4.69) is 4.90 Å². The Morgan fingerprint density at radius 2 is 1.79 bits per heavy atom. The number of hydrogen-bond donors (Lipinski definition) is 1. The Morgan fingerprint density at radius 1 is 1.21 bits per heavy atom. The Morgan fingerprint density at radius 3 is 2.31 bits per heavy atom. The SMILES string of the molecule is CCO[C@@H]1C[C@H]2CN(S(=O)(=O)c3ccc(F)cc3)CCN2C1.O=C(O)C(F)(F)F. The van der Waals surface area contributed by atoms with Gasteiger partial charge in [0.1, 0.15) is 5.82 Å². The highest BCUT2D eigenvalue weighted by molar-refractivity contribution is 7.89. The van der Waals surface area contributed by atoms with Crippen molar-refractivity contribution < 1.29 is 40.6 Å². The van der Waals surface area contributed by atoms with E-state index in [1.165, 1.54) is 28.6 Å². The number of ether oxygens (including phenoxy) is 1. The van der Waals surface area contributed by atoms with Crippen molar-refractivity contribution in [2.75, 3.05) is 32.8 Å². The van der Waals surface area contributed by atoms with Crippen molar-refractivity contribution in [2.24, 2.45) is 0 Å². The van der Waals surface area contributed by atoms with Gasteiger partial charge in [-0.15, -0.1) is 0 Å². The van der Waals surface area contributed by atoms with Crippen LogP contribution in [0, 0.1) is 5.82 Å². The first kappa shape index (κ1) is 23.5. The fourth-order valence-electron chi connectivity index (χ4n) is 3.30. The Labute approximate surface area is 165 Å². The molecule has 0 unspecified atom stereocenters. The molecule has 164 valence electrons. The lowest BCUT2D eigenvalue weighted by Gasteiger charge is -2.36. The number of sulfonamides is 1. The maximum atomic E-state index is 13.0. The van der Waals surface area contributed by atoms with E-state index in [9.17, 15) is 26.0 Å². The highest BCUT2D eigenvalue weighted by atomic mass is 32.2. The molecule has 2 aliphatic rings. The molecule has 1 aromatic carbocycles. The van der Waals surface area contributed by atoms with Gasteiger partial charge in [0.25, 0.3) is 0 Å². The molecule has 3 rings (SSSR count). The van der Waals surface area contributed by atoms with Gasteiger partial charge in [-0.25, -0.2) is 17.6 Å². The van der Waals surface area contributed by atoms with Gasteiger partial charge in [0.05, 0.1) is 11.0 Å². The topological polar surface area (TPSA) is 87.2 Å². The highest BCUT2D eigenvalue weighted by Gasteiger charge is 2.40. The van der Waals surface area contributed by atoms with Gasteiger partial charge >= 0.3 is 12.1 Å². The van der Waals surface area contributed by atoms with Crippen molar-refractivity contribution >= 4 is 16.0 Å². The summed E-state index contributed by atoms with van der Waals surface area (Å²) in [5.41, 5.74) is 0. The van der Waals surface area contributed by atoms with Crippen LogP contribution in [0.15, 0.2) is 29.2 Å². The number of carboxylic acids is 1. The first-order valence-electron chi connectivity index (χ1n) is 8.86. The Balaban J connectivity index is 0.000000370. The molecule has 1 aromatic rings. The summed E-state index contributed by atoms with van der Waals surface area (Å²) in [7, 11) is -3.55. The zero-order valence-corrected chi connectivity index (χ0v) is 16.4. The molecule has 2 heterocycles. The van der Waals surface area contributed by atoms with Crippen molar-refractivity contribution in [3.63, 3.8) is 0 Å². The first-order chi connectivity index (χ1) is 13.4. The van der Waals surface area contributed by atoms with Gasteiger partial charge in [-0.2, -0.15) is 17.5 Å². The Bertz CT molecular complexity index is 801. The van der Waals surface area contributed by atoms with Crippen LogP contribution in [0.2, 0.25) is 0 Å². The lowest BCUT2D eigenvalue weighted by Crippen LogP contribution is -2.51. The second-order valence-electron chi connectivity index (χ2n) is 6.58. The fourth-order valence-corrected chi connectivity index (χ4v) is 4.77. The summed E-state index contributed by atoms with van der Waals surface area (Å²) in [6, 6.07) is 5.23. The number of rotatable bonds is 4. The molecule has 0 radical (unpaired) electrons. The number of halogens is 4. The van der Waals surface area contributed by atoms with E-state index < -0.39 is 28.0 Å². The zero-order valence-electron chi connectivity index (χ0n) is 15.6. The summed E-state index contributed by atoms with van der Waals surface area (Å²) in [6.45, 7) is 5.20. The van der Waals surface area contributed by atoms with E-state index in [4.69, 9.17) is 14.6 Å². The van der Waals surface area contributed by atoms with E-state index in [1.54, 1.807) is 0 Å². The van der Waals surface area contributed by atoms with Gasteiger partial charge < -0.3 is 9.84 Å². The largest absolute Gasteiger partial charge is 0.490 e. The number of benzene rings is 1. The number of alkyl halides is 3. The molecule has 0 aromatic heterocycles. The van der Waals surface area contributed by atoms with Crippen molar-refractivity contribution in [1.29, 1.82) is 0 Å². The van der Waals surface area contributed by atoms with Gasteiger partial charge in [0, 0.05) is 38.8 Å². The van der Waals surface area contributed by atoms with Crippen LogP contribution < -0.4 is 0 Å². The molecule has 2 saturated heterocycles. The van der Waals surface area contributed by atoms with Gasteiger partial charge in [-0.3, -0.25) is 4.90 Å². The van der Waals surface area contributed by atoms with Gasteiger partial charge in [-0.1, -0.05) is 0 Å². The highest BCUT2D eigenvalue weighted by Crippen LogP contribution is 2.27. The van der Waals surface area contributed by atoms with Crippen LogP contribution in [0.25, 0.3) is 0 Å². The standard InChI is InChI=1S/C15H21FN2O3S.C2HF3O2/c1-2-21-14-9-13-10-18(8-7-17(13)11-14)22(19,20)15-5-3-12(16)4-6-15;3-2(4,5)1(6)7/h3-6,13-14H,2,7-11H2,1H3;(H,6,7)/t13-,14+;/m0./s1. The molecular weight excluding hydrogens is 420 g/mol. The third kappa shape index (κ3) is 6.11. The minimum absolute atomic E-state index is 0.154. The van der Waals surface area contributed by atoms with Gasteiger partial charge in [-0.05, 0) is 37.6 Å². The van der Waals surface area contributed by atoms with Crippen molar-refractivity contribution in [3.8, 4) is 0 Å². The van der Waals surface area contributed by atoms with E-state index >= 15 is 0 Å². The van der Waals surface area contributed by atoms with Gasteiger partial charge in [0.15, 0.2) is 0 Å². The predicted octanol–water partition coefficient (Wildman–Crippen LogP) is 1.94. The number of hydrogen-bond acceptors (Lipinski definition) is 5. The summed E-state index contributed by atoms with van der Waals surface area (Å²) >= 11 is 0. The molecule has 2 atom stereocenters. The lowest BCUT2D eigenvalue weighted by atomic mass is 10.2. The number of aliphatic carboxylic acids is 1. The first-order valence-corrected chi connectivity index (χ1v) is 10.3. The zero-order chi connectivity index (χ0) is 21.8. The minimum atomic E-state index is -5.08. The maximum absolute atomic E-state index is 13.0. The molecule has 0 aliphatic carbocycles. The molecule has 0 saturated carbocycles. The number of carboxylic acid groups (broad SMARTS) is 1. The molecule has 2 aliphatic heterocycles. The number of piperazine rings is 1.